The summed E-state index contributed by atoms with van der Waals surface area (Å²) >= 11 is 0. The predicted octanol–water partition coefficient (Wildman–Crippen LogP) is 2.17. The Morgan fingerprint density at radius 3 is 2.36 bits per heavy atom. The SMILES string of the molecule is CO[Si](Cc1cccc(C)c1C)OC. The highest BCUT2D eigenvalue weighted by molar-refractivity contribution is 6.43. The van der Waals surface area contributed by atoms with Crippen LogP contribution in [0.4, 0.5) is 0 Å². The lowest BCUT2D eigenvalue weighted by atomic mass is 10.1. The third-order valence-corrected chi connectivity index (χ3v) is 4.09. The molecule has 0 heterocycles. The van der Waals surface area contributed by atoms with Crippen LogP contribution in [-0.4, -0.2) is 23.5 Å². The quantitative estimate of drug-likeness (QED) is 0.708. The monoisotopic (exact) mass is 209 g/mol. The zero-order valence-corrected chi connectivity index (χ0v) is 10.3. The van der Waals surface area contributed by atoms with Crippen LogP contribution in [0.15, 0.2) is 18.2 Å². The Morgan fingerprint density at radius 2 is 1.79 bits per heavy atom. The van der Waals surface area contributed by atoms with Crippen molar-refractivity contribution in [3.63, 3.8) is 0 Å². The summed E-state index contributed by atoms with van der Waals surface area (Å²) in [5.41, 5.74) is 4.02. The molecule has 0 N–H and O–H groups in total. The molecule has 0 aliphatic heterocycles. The number of hydrogen-bond acceptors (Lipinski definition) is 2. The zero-order chi connectivity index (χ0) is 10.6. The molecule has 0 bridgehead atoms. The molecular formula is C11H17O2Si. The summed E-state index contributed by atoms with van der Waals surface area (Å²) in [4.78, 5) is 0. The summed E-state index contributed by atoms with van der Waals surface area (Å²) in [6, 6.07) is 7.27. The molecule has 0 aliphatic rings. The van der Waals surface area contributed by atoms with Crippen LogP contribution >= 0.6 is 0 Å². The van der Waals surface area contributed by atoms with Gasteiger partial charge >= 0.3 is 9.28 Å². The molecule has 0 unspecified atom stereocenters. The Hall–Kier alpha value is -0.643. The van der Waals surface area contributed by atoms with Crippen molar-refractivity contribution in [2.45, 2.75) is 19.9 Å². The Morgan fingerprint density at radius 1 is 1.14 bits per heavy atom. The van der Waals surface area contributed by atoms with Crippen molar-refractivity contribution < 1.29 is 8.85 Å². The highest BCUT2D eigenvalue weighted by atomic mass is 28.3. The average molecular weight is 209 g/mol. The predicted molar refractivity (Wildman–Crippen MR) is 59.4 cm³/mol. The van der Waals surface area contributed by atoms with Crippen LogP contribution in [0.2, 0.25) is 0 Å². The first-order chi connectivity index (χ1) is 6.69. The number of aryl methyl sites for hydroxylation is 1. The molecule has 77 valence electrons. The highest BCUT2D eigenvalue weighted by Gasteiger charge is 2.14. The molecule has 0 fully saturated rings. The van der Waals surface area contributed by atoms with Gasteiger partial charge in [-0.25, -0.2) is 0 Å². The van der Waals surface area contributed by atoms with Gasteiger partial charge in [-0.3, -0.25) is 0 Å². The zero-order valence-electron chi connectivity index (χ0n) is 9.26. The van der Waals surface area contributed by atoms with E-state index in [2.05, 4.69) is 32.0 Å². The van der Waals surface area contributed by atoms with Crippen molar-refractivity contribution in [1.29, 1.82) is 0 Å². The number of benzene rings is 1. The van der Waals surface area contributed by atoms with Gasteiger partial charge in [0.05, 0.1) is 0 Å². The van der Waals surface area contributed by atoms with Gasteiger partial charge in [0.15, 0.2) is 0 Å². The van der Waals surface area contributed by atoms with Crippen LogP contribution in [0.25, 0.3) is 0 Å². The molecule has 0 amide bonds. The molecule has 1 rings (SSSR count). The lowest BCUT2D eigenvalue weighted by molar-refractivity contribution is 0.277. The molecule has 0 aliphatic carbocycles. The second-order valence-corrected chi connectivity index (χ2v) is 5.23. The van der Waals surface area contributed by atoms with E-state index in [4.69, 9.17) is 8.85 Å². The summed E-state index contributed by atoms with van der Waals surface area (Å²) < 4.78 is 10.6. The van der Waals surface area contributed by atoms with E-state index in [0.717, 1.165) is 6.04 Å². The van der Waals surface area contributed by atoms with Crippen LogP contribution in [0, 0.1) is 13.8 Å². The number of hydrogen-bond donors (Lipinski definition) is 0. The van der Waals surface area contributed by atoms with Crippen molar-refractivity contribution in [2.75, 3.05) is 14.2 Å². The molecule has 1 radical (unpaired) electrons. The second-order valence-electron chi connectivity index (χ2n) is 3.32. The minimum Gasteiger partial charge on any atom is -0.397 e. The fourth-order valence-electron chi connectivity index (χ4n) is 1.39. The maximum absolute atomic E-state index is 5.28. The molecular weight excluding hydrogens is 192 g/mol. The van der Waals surface area contributed by atoms with Gasteiger partial charge in [-0.15, -0.1) is 0 Å². The van der Waals surface area contributed by atoms with Crippen molar-refractivity contribution in [3.05, 3.63) is 34.9 Å². The van der Waals surface area contributed by atoms with E-state index in [9.17, 15) is 0 Å². The van der Waals surface area contributed by atoms with Gasteiger partial charge in [-0.05, 0) is 30.5 Å². The molecule has 2 nitrogen and oxygen atoms in total. The van der Waals surface area contributed by atoms with Gasteiger partial charge in [0.25, 0.3) is 0 Å². The summed E-state index contributed by atoms with van der Waals surface area (Å²) in [5, 5.41) is 0. The lowest BCUT2D eigenvalue weighted by Gasteiger charge is -2.12. The first-order valence-corrected chi connectivity index (χ1v) is 6.20. The smallest absolute Gasteiger partial charge is 0.388 e. The first kappa shape index (κ1) is 11.4. The molecule has 0 atom stereocenters. The van der Waals surface area contributed by atoms with Gasteiger partial charge < -0.3 is 8.85 Å². The van der Waals surface area contributed by atoms with E-state index in [1.807, 2.05) is 0 Å². The second kappa shape index (κ2) is 5.29. The van der Waals surface area contributed by atoms with E-state index in [0.29, 0.717) is 0 Å². The minimum absolute atomic E-state index is 0.908. The molecule has 1 aromatic rings. The summed E-state index contributed by atoms with van der Waals surface area (Å²) in [6.45, 7) is 4.28. The van der Waals surface area contributed by atoms with Gasteiger partial charge in [0.2, 0.25) is 0 Å². The minimum atomic E-state index is -1.11. The molecule has 0 aromatic heterocycles. The fraction of sp³-hybridized carbons (Fsp3) is 0.455. The van der Waals surface area contributed by atoms with Gasteiger partial charge in [-0.1, -0.05) is 18.2 Å². The summed E-state index contributed by atoms with van der Waals surface area (Å²) in [5.74, 6) is 0. The molecule has 1 aromatic carbocycles. The molecule has 0 saturated carbocycles. The van der Waals surface area contributed by atoms with Crippen molar-refractivity contribution in [2.24, 2.45) is 0 Å². The van der Waals surface area contributed by atoms with E-state index < -0.39 is 9.28 Å². The Balaban J connectivity index is 2.80. The molecule has 14 heavy (non-hydrogen) atoms. The van der Waals surface area contributed by atoms with Crippen molar-refractivity contribution in [3.8, 4) is 0 Å². The fourth-order valence-corrected chi connectivity index (χ4v) is 2.54. The Kier molecular flexibility index (Phi) is 4.32. The topological polar surface area (TPSA) is 18.5 Å². The highest BCUT2D eigenvalue weighted by Crippen LogP contribution is 2.14. The molecule has 3 heteroatoms. The Labute approximate surface area is 87.7 Å². The van der Waals surface area contributed by atoms with E-state index >= 15 is 0 Å². The molecule has 0 saturated heterocycles. The maximum Gasteiger partial charge on any atom is 0.388 e. The summed E-state index contributed by atoms with van der Waals surface area (Å²) in [6.07, 6.45) is 0. The first-order valence-electron chi connectivity index (χ1n) is 4.68. The number of rotatable bonds is 4. The average Bonchev–Trinajstić information content (AvgIpc) is 2.20. The normalized spacial score (nSPS) is 10.9. The Bertz CT molecular complexity index is 295. The maximum atomic E-state index is 5.28. The van der Waals surface area contributed by atoms with E-state index in [-0.39, 0.29) is 0 Å². The van der Waals surface area contributed by atoms with Crippen LogP contribution in [0.1, 0.15) is 16.7 Å². The summed E-state index contributed by atoms with van der Waals surface area (Å²) in [7, 11) is 2.31. The van der Waals surface area contributed by atoms with Crippen molar-refractivity contribution in [1.82, 2.24) is 0 Å². The van der Waals surface area contributed by atoms with E-state index in [1.54, 1.807) is 14.2 Å². The van der Waals surface area contributed by atoms with Gasteiger partial charge in [0, 0.05) is 20.3 Å². The van der Waals surface area contributed by atoms with Gasteiger partial charge in [0.1, 0.15) is 0 Å². The van der Waals surface area contributed by atoms with Crippen molar-refractivity contribution >= 4 is 9.28 Å². The van der Waals surface area contributed by atoms with E-state index in [1.165, 1.54) is 16.7 Å². The standard InChI is InChI=1S/C11H17O2Si/c1-9-6-5-7-11(10(9)2)8-14(12-3)13-4/h5-7H,8H2,1-4H3. The third kappa shape index (κ3) is 2.67. The van der Waals surface area contributed by atoms with Gasteiger partial charge in [-0.2, -0.15) is 0 Å². The lowest BCUT2D eigenvalue weighted by Crippen LogP contribution is -2.23. The van der Waals surface area contributed by atoms with Crippen LogP contribution in [-0.2, 0) is 14.9 Å². The third-order valence-electron chi connectivity index (χ3n) is 2.51. The van der Waals surface area contributed by atoms with Crippen LogP contribution < -0.4 is 0 Å². The molecule has 0 spiro atoms. The van der Waals surface area contributed by atoms with Crippen LogP contribution in [0.3, 0.4) is 0 Å². The largest absolute Gasteiger partial charge is 0.397 e. The van der Waals surface area contributed by atoms with Crippen LogP contribution in [0.5, 0.6) is 0 Å².